The maximum absolute atomic E-state index is 12.3. The van der Waals surface area contributed by atoms with Crippen LogP contribution in [-0.2, 0) is 9.53 Å². The third kappa shape index (κ3) is 10.5. The molecule has 154 valence electrons. The summed E-state index contributed by atoms with van der Waals surface area (Å²) in [6.45, 7) is 7.24. The number of aliphatic imine (C=N–C) groups is 1. The van der Waals surface area contributed by atoms with Crippen LogP contribution in [0.1, 0.15) is 39.0 Å². The molecular formula is C18H38IN5O2. The van der Waals surface area contributed by atoms with Gasteiger partial charge >= 0.3 is 0 Å². The summed E-state index contributed by atoms with van der Waals surface area (Å²) in [5.74, 6) is 0.998. The minimum Gasteiger partial charge on any atom is -0.385 e. The van der Waals surface area contributed by atoms with E-state index in [0.717, 1.165) is 58.0 Å². The van der Waals surface area contributed by atoms with Gasteiger partial charge < -0.3 is 25.2 Å². The molecule has 1 heterocycles. The van der Waals surface area contributed by atoms with E-state index in [-0.39, 0.29) is 29.9 Å². The van der Waals surface area contributed by atoms with Gasteiger partial charge in [0.15, 0.2) is 5.96 Å². The van der Waals surface area contributed by atoms with E-state index in [1.54, 1.807) is 14.2 Å². The number of likely N-dealkylation sites (N-methyl/N-ethyl adjacent to an activating group) is 1. The highest BCUT2D eigenvalue weighted by atomic mass is 127. The van der Waals surface area contributed by atoms with Gasteiger partial charge in [-0.2, -0.15) is 0 Å². The van der Waals surface area contributed by atoms with E-state index in [9.17, 15) is 4.79 Å². The smallest absolute Gasteiger partial charge is 0.224 e. The molecule has 1 atom stereocenters. The molecular weight excluding hydrogens is 445 g/mol. The standard InChI is InChI=1S/C18H37N5O2.HI/c1-16-8-5-6-13-23(16)17(24)9-10-20-18(19-2)21-11-14-22(3)12-7-15-25-4;/h16H,5-15H2,1-4H3,(H2,19,20,21);1H. The van der Waals surface area contributed by atoms with Gasteiger partial charge in [0.2, 0.25) is 5.91 Å². The Kier molecular flexibility index (Phi) is 15.1. The predicted molar refractivity (Wildman–Crippen MR) is 118 cm³/mol. The lowest BCUT2D eigenvalue weighted by Crippen LogP contribution is -2.45. The largest absolute Gasteiger partial charge is 0.385 e. The molecule has 1 amide bonds. The Labute approximate surface area is 176 Å². The fourth-order valence-electron chi connectivity index (χ4n) is 3.08. The van der Waals surface area contributed by atoms with Crippen LogP contribution in [-0.4, -0.2) is 88.2 Å². The van der Waals surface area contributed by atoms with Gasteiger partial charge in [0.1, 0.15) is 0 Å². The van der Waals surface area contributed by atoms with Gasteiger partial charge in [-0.3, -0.25) is 9.79 Å². The number of likely N-dealkylation sites (tertiary alicyclic amines) is 1. The number of ether oxygens (including phenoxy) is 1. The number of halogens is 1. The van der Waals surface area contributed by atoms with Crippen LogP contribution in [0.25, 0.3) is 0 Å². The number of rotatable bonds is 10. The van der Waals surface area contributed by atoms with E-state index in [4.69, 9.17) is 4.74 Å². The van der Waals surface area contributed by atoms with Gasteiger partial charge in [0.25, 0.3) is 0 Å². The highest BCUT2D eigenvalue weighted by Crippen LogP contribution is 2.16. The van der Waals surface area contributed by atoms with Gasteiger partial charge in [0, 0.05) is 66.0 Å². The average molecular weight is 483 g/mol. The number of nitrogens with one attached hydrogen (secondary N) is 2. The molecule has 0 saturated carbocycles. The highest BCUT2D eigenvalue weighted by Gasteiger charge is 2.22. The second-order valence-electron chi connectivity index (χ2n) is 6.76. The fraction of sp³-hybridized carbons (Fsp3) is 0.889. The number of nitrogens with zero attached hydrogens (tertiary/aromatic N) is 3. The van der Waals surface area contributed by atoms with E-state index >= 15 is 0 Å². The molecule has 0 aromatic heterocycles. The van der Waals surface area contributed by atoms with Crippen molar-refractivity contribution in [2.45, 2.75) is 45.1 Å². The monoisotopic (exact) mass is 483 g/mol. The molecule has 0 bridgehead atoms. The first kappa shape index (κ1) is 25.4. The van der Waals surface area contributed by atoms with Crippen LogP contribution in [0.15, 0.2) is 4.99 Å². The molecule has 0 spiro atoms. The van der Waals surface area contributed by atoms with Crippen molar-refractivity contribution in [2.24, 2.45) is 4.99 Å². The molecule has 1 aliphatic rings. The van der Waals surface area contributed by atoms with Crippen molar-refractivity contribution in [1.29, 1.82) is 0 Å². The van der Waals surface area contributed by atoms with Crippen molar-refractivity contribution in [1.82, 2.24) is 20.4 Å². The number of piperidine rings is 1. The van der Waals surface area contributed by atoms with Gasteiger partial charge in [-0.25, -0.2) is 0 Å². The minimum absolute atomic E-state index is 0. The Balaban J connectivity index is 0.00000625. The van der Waals surface area contributed by atoms with Crippen molar-refractivity contribution in [3.63, 3.8) is 0 Å². The molecule has 1 unspecified atom stereocenters. The molecule has 0 aliphatic carbocycles. The fourth-order valence-corrected chi connectivity index (χ4v) is 3.08. The van der Waals surface area contributed by atoms with Crippen LogP contribution in [0.3, 0.4) is 0 Å². The first-order valence-electron chi connectivity index (χ1n) is 9.50. The van der Waals surface area contributed by atoms with Crippen LogP contribution in [0, 0.1) is 0 Å². The van der Waals surface area contributed by atoms with E-state index in [1.807, 2.05) is 4.90 Å². The Morgan fingerprint density at radius 2 is 2.00 bits per heavy atom. The van der Waals surface area contributed by atoms with E-state index in [1.165, 1.54) is 6.42 Å². The zero-order chi connectivity index (χ0) is 18.5. The highest BCUT2D eigenvalue weighted by molar-refractivity contribution is 14.0. The quantitative estimate of drug-likeness (QED) is 0.214. The zero-order valence-corrected chi connectivity index (χ0v) is 19.3. The second kappa shape index (κ2) is 15.4. The average Bonchev–Trinajstić information content (AvgIpc) is 2.60. The van der Waals surface area contributed by atoms with E-state index in [0.29, 0.717) is 19.0 Å². The second-order valence-corrected chi connectivity index (χ2v) is 6.76. The summed E-state index contributed by atoms with van der Waals surface area (Å²) in [5, 5.41) is 6.53. The molecule has 0 radical (unpaired) electrons. The molecule has 0 aromatic carbocycles. The van der Waals surface area contributed by atoms with Crippen LogP contribution < -0.4 is 10.6 Å². The zero-order valence-electron chi connectivity index (χ0n) is 16.9. The minimum atomic E-state index is 0. The lowest BCUT2D eigenvalue weighted by atomic mass is 10.0. The van der Waals surface area contributed by atoms with E-state index in [2.05, 4.69) is 34.5 Å². The number of hydrogen-bond acceptors (Lipinski definition) is 4. The van der Waals surface area contributed by atoms with Crippen molar-refractivity contribution in [2.75, 3.05) is 60.5 Å². The number of amides is 1. The molecule has 1 rings (SSSR count). The molecule has 8 heteroatoms. The number of guanidine groups is 1. The summed E-state index contributed by atoms with van der Waals surface area (Å²) in [7, 11) is 5.59. The van der Waals surface area contributed by atoms with Crippen molar-refractivity contribution < 1.29 is 9.53 Å². The Hall–Kier alpha value is -0.610. The first-order valence-corrected chi connectivity index (χ1v) is 9.50. The molecule has 1 saturated heterocycles. The van der Waals surface area contributed by atoms with Crippen LogP contribution >= 0.6 is 24.0 Å². The lowest BCUT2D eigenvalue weighted by Gasteiger charge is -2.33. The molecule has 26 heavy (non-hydrogen) atoms. The third-order valence-corrected chi connectivity index (χ3v) is 4.65. The van der Waals surface area contributed by atoms with Crippen LogP contribution in [0.2, 0.25) is 0 Å². The van der Waals surface area contributed by atoms with Crippen molar-refractivity contribution >= 4 is 35.8 Å². The van der Waals surface area contributed by atoms with E-state index < -0.39 is 0 Å². The number of carbonyl (C=O) groups excluding carboxylic acids is 1. The summed E-state index contributed by atoms with van der Waals surface area (Å²) in [4.78, 5) is 20.8. The molecule has 7 nitrogen and oxygen atoms in total. The SMILES string of the molecule is CN=C(NCCC(=O)N1CCCCC1C)NCCN(C)CCCOC.I. The number of methoxy groups -OCH3 is 1. The third-order valence-electron chi connectivity index (χ3n) is 4.65. The lowest BCUT2D eigenvalue weighted by molar-refractivity contribution is -0.134. The van der Waals surface area contributed by atoms with Crippen LogP contribution in [0.5, 0.6) is 0 Å². The number of carbonyl (C=O) groups is 1. The molecule has 0 aromatic rings. The molecule has 2 N–H and O–H groups in total. The Morgan fingerprint density at radius 1 is 1.27 bits per heavy atom. The van der Waals surface area contributed by atoms with Gasteiger partial charge in [-0.15, -0.1) is 24.0 Å². The first-order chi connectivity index (χ1) is 12.1. The predicted octanol–water partition coefficient (Wildman–Crippen LogP) is 1.53. The summed E-state index contributed by atoms with van der Waals surface area (Å²) in [6.07, 6.45) is 5.05. The van der Waals surface area contributed by atoms with Gasteiger partial charge in [-0.05, 0) is 39.7 Å². The van der Waals surface area contributed by atoms with Crippen molar-refractivity contribution in [3.05, 3.63) is 0 Å². The molecule has 1 aliphatic heterocycles. The topological polar surface area (TPSA) is 69.2 Å². The molecule has 1 fully saturated rings. The Bertz CT molecular complexity index is 409. The van der Waals surface area contributed by atoms with Crippen LogP contribution in [0.4, 0.5) is 0 Å². The van der Waals surface area contributed by atoms with Crippen molar-refractivity contribution in [3.8, 4) is 0 Å². The van der Waals surface area contributed by atoms with Gasteiger partial charge in [0.05, 0.1) is 0 Å². The maximum Gasteiger partial charge on any atom is 0.224 e. The Morgan fingerprint density at radius 3 is 2.65 bits per heavy atom. The summed E-state index contributed by atoms with van der Waals surface area (Å²) < 4.78 is 5.06. The van der Waals surface area contributed by atoms with Gasteiger partial charge in [-0.1, -0.05) is 0 Å². The maximum atomic E-state index is 12.3. The summed E-state index contributed by atoms with van der Waals surface area (Å²) >= 11 is 0. The summed E-state index contributed by atoms with van der Waals surface area (Å²) in [5.41, 5.74) is 0. The normalized spacial score (nSPS) is 17.8. The number of hydrogen-bond donors (Lipinski definition) is 2. The summed E-state index contributed by atoms with van der Waals surface area (Å²) in [6, 6.07) is 0.382.